The molecule has 0 fully saturated rings. The van der Waals surface area contributed by atoms with Crippen LogP contribution in [-0.4, -0.2) is 42.5 Å². The highest BCUT2D eigenvalue weighted by Gasteiger charge is 2.21. The van der Waals surface area contributed by atoms with Crippen molar-refractivity contribution in [2.45, 2.75) is 46.3 Å². The number of carbonyl (C=O) groups is 2. The van der Waals surface area contributed by atoms with E-state index in [4.69, 9.17) is 11.6 Å². The lowest BCUT2D eigenvalue weighted by Gasteiger charge is -2.31. The van der Waals surface area contributed by atoms with Crippen molar-refractivity contribution in [2.24, 2.45) is 0 Å². The number of hydrogen-bond donors (Lipinski definition) is 3. The van der Waals surface area contributed by atoms with Gasteiger partial charge in [0.15, 0.2) is 0 Å². The summed E-state index contributed by atoms with van der Waals surface area (Å²) in [6, 6.07) is 14.9. The first-order valence-electron chi connectivity index (χ1n) is 10.8. The van der Waals surface area contributed by atoms with Gasteiger partial charge < -0.3 is 16.0 Å². The van der Waals surface area contributed by atoms with Crippen LogP contribution in [0.5, 0.6) is 0 Å². The fraction of sp³-hybridized carbons (Fsp3) is 0.417. The zero-order valence-corrected chi connectivity index (χ0v) is 19.5. The molecular weight excluding hydrogens is 412 g/mol. The monoisotopic (exact) mass is 444 g/mol. The molecule has 1 unspecified atom stereocenters. The van der Waals surface area contributed by atoms with E-state index in [0.717, 1.165) is 24.2 Å². The summed E-state index contributed by atoms with van der Waals surface area (Å²) < 4.78 is 0. The van der Waals surface area contributed by atoms with Gasteiger partial charge in [0.05, 0.1) is 6.04 Å². The number of rotatable bonds is 10. The van der Waals surface area contributed by atoms with Crippen molar-refractivity contribution in [1.29, 1.82) is 0 Å². The Morgan fingerprint density at radius 1 is 0.968 bits per heavy atom. The molecular formula is C24H33ClN4O2. The fourth-order valence-electron chi connectivity index (χ4n) is 3.41. The third-order valence-electron chi connectivity index (χ3n) is 5.06. The van der Waals surface area contributed by atoms with E-state index in [2.05, 4.69) is 34.7 Å². The zero-order chi connectivity index (χ0) is 22.8. The Morgan fingerprint density at radius 3 is 2.19 bits per heavy atom. The van der Waals surface area contributed by atoms with Crippen LogP contribution in [0.1, 0.15) is 55.2 Å². The van der Waals surface area contributed by atoms with Gasteiger partial charge in [-0.3, -0.25) is 9.69 Å². The Kier molecular flexibility index (Phi) is 9.82. The topological polar surface area (TPSA) is 73.5 Å². The largest absolute Gasteiger partial charge is 0.350 e. The molecule has 0 radical (unpaired) electrons. The second-order valence-corrected chi connectivity index (χ2v) is 8.05. The van der Waals surface area contributed by atoms with Crippen molar-refractivity contribution in [3.8, 4) is 0 Å². The summed E-state index contributed by atoms with van der Waals surface area (Å²) in [6.45, 7) is 10.6. The summed E-state index contributed by atoms with van der Waals surface area (Å²) in [4.78, 5) is 26.7. The van der Waals surface area contributed by atoms with Crippen molar-refractivity contribution in [3.05, 3.63) is 70.2 Å². The average Bonchev–Trinajstić information content (AvgIpc) is 2.75. The molecule has 0 bridgehead atoms. The molecule has 0 spiro atoms. The van der Waals surface area contributed by atoms with Crippen LogP contribution in [0.3, 0.4) is 0 Å². The highest BCUT2D eigenvalue weighted by atomic mass is 35.5. The van der Waals surface area contributed by atoms with Gasteiger partial charge in [0.2, 0.25) is 0 Å². The van der Waals surface area contributed by atoms with Gasteiger partial charge in [-0.15, -0.1) is 0 Å². The lowest BCUT2D eigenvalue weighted by Crippen LogP contribution is -2.39. The molecule has 2 aromatic carbocycles. The normalized spacial score (nSPS) is 12.0. The predicted octanol–water partition coefficient (Wildman–Crippen LogP) is 4.36. The number of nitrogens with one attached hydrogen (secondary N) is 3. The molecule has 3 N–H and O–H groups in total. The fourth-order valence-corrected chi connectivity index (χ4v) is 3.67. The van der Waals surface area contributed by atoms with Gasteiger partial charge in [0, 0.05) is 29.7 Å². The first-order valence-corrected chi connectivity index (χ1v) is 11.1. The summed E-state index contributed by atoms with van der Waals surface area (Å²) in [7, 11) is 0. The van der Waals surface area contributed by atoms with Crippen LogP contribution in [0.2, 0.25) is 5.02 Å². The number of benzene rings is 2. The molecule has 0 aromatic heterocycles. The molecule has 0 saturated carbocycles. The minimum atomic E-state index is -0.209. The van der Waals surface area contributed by atoms with Gasteiger partial charge in [-0.2, -0.15) is 0 Å². The van der Waals surface area contributed by atoms with E-state index >= 15 is 0 Å². The Labute approximate surface area is 190 Å². The van der Waals surface area contributed by atoms with Crippen molar-refractivity contribution >= 4 is 23.5 Å². The zero-order valence-electron chi connectivity index (χ0n) is 18.7. The maximum atomic E-state index is 12.7. The number of amides is 3. The Morgan fingerprint density at radius 2 is 1.61 bits per heavy atom. The van der Waals surface area contributed by atoms with Gasteiger partial charge in [-0.05, 0) is 56.3 Å². The third-order valence-corrected chi connectivity index (χ3v) is 5.41. The molecule has 7 heteroatoms. The average molecular weight is 445 g/mol. The highest BCUT2D eigenvalue weighted by Crippen LogP contribution is 2.27. The molecule has 168 valence electrons. The molecule has 2 aromatic rings. The Balaban J connectivity index is 1.99. The van der Waals surface area contributed by atoms with Gasteiger partial charge in [0.1, 0.15) is 0 Å². The summed E-state index contributed by atoms with van der Waals surface area (Å²) >= 11 is 6.43. The number of likely N-dealkylation sites (N-methyl/N-ethyl adjacent to an activating group) is 1. The summed E-state index contributed by atoms with van der Waals surface area (Å²) in [6.07, 6.45) is 0. The number of hydrogen-bond acceptors (Lipinski definition) is 3. The summed E-state index contributed by atoms with van der Waals surface area (Å²) in [5.41, 5.74) is 2.51. The van der Waals surface area contributed by atoms with Crippen LogP contribution < -0.4 is 16.0 Å². The molecule has 6 nitrogen and oxygen atoms in total. The lowest BCUT2D eigenvalue weighted by molar-refractivity contribution is 0.0935. The first kappa shape index (κ1) is 24.7. The van der Waals surface area contributed by atoms with Crippen LogP contribution in [0.4, 0.5) is 4.79 Å². The molecule has 2 rings (SSSR count). The minimum absolute atomic E-state index is 0.00408. The molecule has 3 amide bonds. The number of halogens is 1. The van der Waals surface area contributed by atoms with Crippen LogP contribution in [0, 0.1) is 0 Å². The molecule has 0 saturated heterocycles. The second-order valence-electron chi connectivity index (χ2n) is 7.65. The quantitative estimate of drug-likeness (QED) is 0.509. The second kappa shape index (κ2) is 12.3. The van der Waals surface area contributed by atoms with E-state index in [1.807, 2.05) is 50.2 Å². The van der Waals surface area contributed by atoms with Crippen molar-refractivity contribution < 1.29 is 9.59 Å². The van der Waals surface area contributed by atoms with Crippen LogP contribution in [0.15, 0.2) is 48.5 Å². The highest BCUT2D eigenvalue weighted by molar-refractivity contribution is 6.31. The van der Waals surface area contributed by atoms with Crippen molar-refractivity contribution in [3.63, 3.8) is 0 Å². The molecule has 0 heterocycles. The number of urea groups is 1. The molecule has 31 heavy (non-hydrogen) atoms. The van der Waals surface area contributed by atoms with Crippen LogP contribution in [0.25, 0.3) is 0 Å². The Bertz CT molecular complexity index is 851. The van der Waals surface area contributed by atoms with E-state index in [9.17, 15) is 9.59 Å². The smallest absolute Gasteiger partial charge is 0.315 e. The standard InChI is InChI=1S/C24H33ClN4O2/c1-5-29(6-2)22(20-9-7-8-10-21(20)25)16-26-23(30)19-13-11-18(12-14-19)15-27-24(31)28-17(3)4/h7-14,17,22H,5-6,15-16H2,1-4H3,(H,26,30)(H2,27,28,31). The molecule has 0 aliphatic carbocycles. The van der Waals surface area contributed by atoms with Gasteiger partial charge in [-0.25, -0.2) is 4.79 Å². The van der Waals surface area contributed by atoms with Gasteiger partial charge in [-0.1, -0.05) is 55.8 Å². The van der Waals surface area contributed by atoms with Crippen LogP contribution in [-0.2, 0) is 6.54 Å². The maximum absolute atomic E-state index is 12.7. The SMILES string of the molecule is CCN(CC)C(CNC(=O)c1ccc(CNC(=O)NC(C)C)cc1)c1ccccc1Cl. The lowest BCUT2D eigenvalue weighted by atomic mass is 10.0. The van der Waals surface area contributed by atoms with E-state index in [0.29, 0.717) is 23.7 Å². The van der Waals surface area contributed by atoms with Crippen molar-refractivity contribution in [2.75, 3.05) is 19.6 Å². The third kappa shape index (κ3) is 7.56. The van der Waals surface area contributed by atoms with Gasteiger partial charge in [0.25, 0.3) is 5.91 Å². The predicted molar refractivity (Wildman–Crippen MR) is 126 cm³/mol. The van der Waals surface area contributed by atoms with Crippen LogP contribution >= 0.6 is 11.6 Å². The summed E-state index contributed by atoms with van der Waals surface area (Å²) in [5, 5.41) is 9.32. The number of carbonyl (C=O) groups excluding carboxylic acids is 2. The van der Waals surface area contributed by atoms with Gasteiger partial charge >= 0.3 is 6.03 Å². The van der Waals surface area contributed by atoms with Crippen molar-refractivity contribution in [1.82, 2.24) is 20.9 Å². The summed E-state index contributed by atoms with van der Waals surface area (Å²) in [5.74, 6) is -0.138. The number of nitrogens with zero attached hydrogens (tertiary/aromatic N) is 1. The first-order chi connectivity index (χ1) is 14.8. The van der Waals surface area contributed by atoms with E-state index in [1.165, 1.54) is 0 Å². The van der Waals surface area contributed by atoms with E-state index < -0.39 is 0 Å². The Hall–Kier alpha value is -2.57. The molecule has 1 atom stereocenters. The maximum Gasteiger partial charge on any atom is 0.315 e. The molecule has 0 aliphatic rings. The molecule has 0 aliphatic heterocycles. The van der Waals surface area contributed by atoms with E-state index in [-0.39, 0.29) is 24.0 Å². The minimum Gasteiger partial charge on any atom is -0.350 e. The van der Waals surface area contributed by atoms with E-state index in [1.54, 1.807) is 12.1 Å².